The number of nitrogens with one attached hydrogen (secondary N) is 1. The first-order chi connectivity index (χ1) is 7.22. The molecule has 1 rings (SSSR count). The molecule has 0 fully saturated rings. The minimum atomic E-state index is -0.104. The molecule has 1 amide bonds. The summed E-state index contributed by atoms with van der Waals surface area (Å²) in [5, 5.41) is 11.0. The van der Waals surface area contributed by atoms with Gasteiger partial charge in [-0.2, -0.15) is 5.26 Å². The van der Waals surface area contributed by atoms with Crippen molar-refractivity contribution in [3.63, 3.8) is 0 Å². The second-order valence-corrected chi connectivity index (χ2v) is 2.96. The quantitative estimate of drug-likeness (QED) is 0.762. The fourth-order valence-electron chi connectivity index (χ4n) is 1.05. The van der Waals surface area contributed by atoms with Gasteiger partial charge in [0.25, 0.3) is 0 Å². The van der Waals surface area contributed by atoms with Gasteiger partial charge in [0.2, 0.25) is 5.91 Å². The van der Waals surface area contributed by atoms with Crippen LogP contribution in [0, 0.1) is 11.3 Å². The maximum atomic E-state index is 10.7. The van der Waals surface area contributed by atoms with Crippen LogP contribution >= 0.6 is 0 Å². The van der Waals surface area contributed by atoms with Crippen LogP contribution in [-0.4, -0.2) is 12.5 Å². The summed E-state index contributed by atoms with van der Waals surface area (Å²) in [6.45, 7) is 1.84. The first kappa shape index (κ1) is 11.1. The number of rotatable bonds is 4. The lowest BCUT2D eigenvalue weighted by atomic mass is 10.3. The van der Waals surface area contributed by atoms with Crippen molar-refractivity contribution < 1.29 is 9.53 Å². The van der Waals surface area contributed by atoms with Crippen LogP contribution in [0.15, 0.2) is 24.3 Å². The summed E-state index contributed by atoms with van der Waals surface area (Å²) in [5.74, 6) is 0.590. The van der Waals surface area contributed by atoms with Gasteiger partial charge in [0.15, 0.2) is 0 Å². The lowest BCUT2D eigenvalue weighted by Gasteiger charge is -2.05. The number of hydrogen-bond acceptors (Lipinski definition) is 3. The Morgan fingerprint density at radius 2 is 2.13 bits per heavy atom. The molecule has 1 N–H and O–H groups in total. The number of ether oxygens (including phenoxy) is 1. The number of carbonyl (C=O) groups excluding carboxylic acids is 1. The molecule has 0 spiro atoms. The van der Waals surface area contributed by atoms with E-state index in [1.807, 2.05) is 6.07 Å². The predicted octanol–water partition coefficient (Wildman–Crippen LogP) is 1.94. The molecule has 0 aliphatic carbocycles. The van der Waals surface area contributed by atoms with Crippen LogP contribution in [-0.2, 0) is 4.79 Å². The normalized spacial score (nSPS) is 9.07. The van der Waals surface area contributed by atoms with Crippen molar-refractivity contribution in [2.45, 2.75) is 13.3 Å². The molecule has 0 aliphatic rings. The van der Waals surface area contributed by atoms with Gasteiger partial charge in [-0.15, -0.1) is 0 Å². The van der Waals surface area contributed by atoms with Gasteiger partial charge in [0.05, 0.1) is 12.5 Å². The molecular weight excluding hydrogens is 192 g/mol. The van der Waals surface area contributed by atoms with Crippen LogP contribution in [0.4, 0.5) is 5.69 Å². The average Bonchev–Trinajstić information content (AvgIpc) is 2.20. The minimum Gasteiger partial charge on any atom is -0.493 e. The number of nitriles is 1. The second-order valence-electron chi connectivity index (χ2n) is 2.96. The number of carbonyl (C=O) groups is 1. The molecule has 4 heteroatoms. The molecule has 0 aromatic heterocycles. The molecule has 0 radical (unpaired) electrons. The zero-order valence-electron chi connectivity index (χ0n) is 8.49. The molecular formula is C11H12N2O2. The molecule has 0 heterocycles. The Balaban J connectivity index is 2.49. The molecule has 0 saturated heterocycles. The highest BCUT2D eigenvalue weighted by Crippen LogP contribution is 2.15. The first-order valence-electron chi connectivity index (χ1n) is 4.60. The predicted molar refractivity (Wildman–Crippen MR) is 56.5 cm³/mol. The van der Waals surface area contributed by atoms with Gasteiger partial charge in [0.1, 0.15) is 12.4 Å². The maximum absolute atomic E-state index is 10.7. The van der Waals surface area contributed by atoms with Gasteiger partial charge in [-0.25, -0.2) is 0 Å². The Labute approximate surface area is 88.5 Å². The fourth-order valence-corrected chi connectivity index (χ4v) is 1.05. The number of anilines is 1. The summed E-state index contributed by atoms with van der Waals surface area (Å²) in [4.78, 5) is 10.7. The summed E-state index contributed by atoms with van der Waals surface area (Å²) < 4.78 is 5.27. The minimum absolute atomic E-state index is 0.104. The van der Waals surface area contributed by atoms with Crippen molar-refractivity contribution in [2.75, 3.05) is 11.9 Å². The Bertz CT molecular complexity index is 365. The molecule has 0 saturated carbocycles. The van der Waals surface area contributed by atoms with E-state index in [0.717, 1.165) is 5.69 Å². The number of nitrogens with zero attached hydrogens (tertiary/aromatic N) is 1. The number of hydrogen-bond donors (Lipinski definition) is 1. The monoisotopic (exact) mass is 204 g/mol. The summed E-state index contributed by atoms with van der Waals surface area (Å²) in [6.07, 6.45) is 0.368. The number of benzene rings is 1. The zero-order valence-corrected chi connectivity index (χ0v) is 8.49. The van der Waals surface area contributed by atoms with Crippen molar-refractivity contribution in [1.29, 1.82) is 5.26 Å². The van der Waals surface area contributed by atoms with Crippen molar-refractivity contribution >= 4 is 11.6 Å². The van der Waals surface area contributed by atoms with Gasteiger partial charge in [-0.3, -0.25) is 4.79 Å². The molecule has 15 heavy (non-hydrogen) atoms. The molecule has 78 valence electrons. The second kappa shape index (κ2) is 5.66. The molecule has 1 aromatic carbocycles. The molecule has 0 bridgehead atoms. The van der Waals surface area contributed by atoms with Crippen molar-refractivity contribution in [2.24, 2.45) is 0 Å². The molecule has 0 aliphatic heterocycles. The summed E-state index contributed by atoms with van der Waals surface area (Å²) in [5.41, 5.74) is 0.732. The highest BCUT2D eigenvalue weighted by molar-refractivity contribution is 5.88. The van der Waals surface area contributed by atoms with E-state index in [1.54, 1.807) is 24.3 Å². The SMILES string of the molecule is CC(=O)Nc1ccc(OCCC#N)cc1. The van der Waals surface area contributed by atoms with Crippen LogP contribution in [0.1, 0.15) is 13.3 Å². The zero-order chi connectivity index (χ0) is 11.1. The van der Waals surface area contributed by atoms with Crippen LogP contribution in [0.25, 0.3) is 0 Å². The van der Waals surface area contributed by atoms with E-state index >= 15 is 0 Å². The van der Waals surface area contributed by atoms with Crippen LogP contribution in [0.3, 0.4) is 0 Å². The van der Waals surface area contributed by atoms with Gasteiger partial charge in [-0.1, -0.05) is 0 Å². The average molecular weight is 204 g/mol. The fraction of sp³-hybridized carbons (Fsp3) is 0.273. The van der Waals surface area contributed by atoms with Crippen LogP contribution in [0.5, 0.6) is 5.75 Å². The highest BCUT2D eigenvalue weighted by atomic mass is 16.5. The van der Waals surface area contributed by atoms with E-state index in [4.69, 9.17) is 10.00 Å². The van der Waals surface area contributed by atoms with Crippen molar-refractivity contribution in [1.82, 2.24) is 0 Å². The van der Waals surface area contributed by atoms with E-state index in [2.05, 4.69) is 5.32 Å². The topological polar surface area (TPSA) is 62.1 Å². The molecule has 0 atom stereocenters. The standard InChI is InChI=1S/C11H12N2O2/c1-9(14)13-10-3-5-11(6-4-10)15-8-2-7-12/h3-6H,2,8H2,1H3,(H,13,14). The van der Waals surface area contributed by atoms with E-state index in [-0.39, 0.29) is 5.91 Å². The smallest absolute Gasteiger partial charge is 0.221 e. The Hall–Kier alpha value is -2.02. The number of amides is 1. The van der Waals surface area contributed by atoms with Crippen LogP contribution in [0.2, 0.25) is 0 Å². The summed E-state index contributed by atoms with van der Waals surface area (Å²) in [6, 6.07) is 9.00. The third-order valence-corrected chi connectivity index (χ3v) is 1.66. The first-order valence-corrected chi connectivity index (χ1v) is 4.60. The Morgan fingerprint density at radius 3 is 2.67 bits per heavy atom. The summed E-state index contributed by atoms with van der Waals surface area (Å²) in [7, 11) is 0. The molecule has 0 unspecified atom stereocenters. The highest BCUT2D eigenvalue weighted by Gasteiger charge is 1.96. The van der Waals surface area contributed by atoms with Gasteiger partial charge < -0.3 is 10.1 Å². The summed E-state index contributed by atoms with van der Waals surface area (Å²) >= 11 is 0. The van der Waals surface area contributed by atoms with E-state index in [1.165, 1.54) is 6.92 Å². The van der Waals surface area contributed by atoms with Crippen molar-refractivity contribution in [3.8, 4) is 11.8 Å². The molecule has 4 nitrogen and oxygen atoms in total. The lowest BCUT2D eigenvalue weighted by Crippen LogP contribution is -2.05. The van der Waals surface area contributed by atoms with Gasteiger partial charge in [-0.05, 0) is 24.3 Å². The van der Waals surface area contributed by atoms with E-state index < -0.39 is 0 Å². The Morgan fingerprint density at radius 1 is 1.47 bits per heavy atom. The van der Waals surface area contributed by atoms with Gasteiger partial charge in [0, 0.05) is 12.6 Å². The third-order valence-electron chi connectivity index (χ3n) is 1.66. The van der Waals surface area contributed by atoms with Gasteiger partial charge >= 0.3 is 0 Å². The van der Waals surface area contributed by atoms with Crippen LogP contribution < -0.4 is 10.1 Å². The maximum Gasteiger partial charge on any atom is 0.221 e. The lowest BCUT2D eigenvalue weighted by molar-refractivity contribution is -0.114. The van der Waals surface area contributed by atoms with Crippen molar-refractivity contribution in [3.05, 3.63) is 24.3 Å². The molecule has 1 aromatic rings. The Kier molecular flexibility index (Phi) is 4.17. The van der Waals surface area contributed by atoms with E-state index in [0.29, 0.717) is 18.8 Å². The third kappa shape index (κ3) is 4.14. The van der Waals surface area contributed by atoms with E-state index in [9.17, 15) is 4.79 Å². The largest absolute Gasteiger partial charge is 0.493 e.